The van der Waals surface area contributed by atoms with E-state index in [9.17, 15) is 14.0 Å². The van der Waals surface area contributed by atoms with E-state index < -0.39 is 6.04 Å². The maximum Gasteiger partial charge on any atom is 0.243 e. The minimum Gasteiger partial charge on any atom is -0.467 e. The average molecular weight is 423 g/mol. The molecule has 0 aliphatic carbocycles. The van der Waals surface area contributed by atoms with Crippen LogP contribution in [0.3, 0.4) is 0 Å². The Morgan fingerprint density at radius 2 is 1.74 bits per heavy atom. The quantitative estimate of drug-likeness (QED) is 0.524. The lowest BCUT2D eigenvalue weighted by atomic mass is 10.0. The Morgan fingerprint density at radius 1 is 1.00 bits per heavy atom. The minimum atomic E-state index is -0.707. The van der Waals surface area contributed by atoms with Crippen LogP contribution in [0.15, 0.2) is 77.4 Å². The predicted octanol–water partition coefficient (Wildman–Crippen LogP) is 4.48. The Labute approximate surface area is 181 Å². The molecule has 0 bridgehead atoms. The molecule has 0 saturated carbocycles. The highest BCUT2D eigenvalue weighted by Crippen LogP contribution is 2.17. The standard InChI is InChI=1S/C25H27FN2O3/c1-2-7-24(29)28(18-20-11-13-21(26)14-12-20)23(16-19-8-4-3-5-9-19)25(30)27-17-22-10-6-15-31-22/h3-6,8-15,23H,2,7,16-18H2,1H3,(H,27,30)/t23-/m1/s1. The molecule has 5 nitrogen and oxygen atoms in total. The first-order valence-electron chi connectivity index (χ1n) is 10.4. The van der Waals surface area contributed by atoms with Crippen molar-refractivity contribution in [2.45, 2.75) is 45.3 Å². The number of carbonyl (C=O) groups is 2. The summed E-state index contributed by atoms with van der Waals surface area (Å²) >= 11 is 0. The van der Waals surface area contributed by atoms with Gasteiger partial charge in [-0.15, -0.1) is 0 Å². The second-order valence-electron chi connectivity index (χ2n) is 7.40. The fraction of sp³-hybridized carbons (Fsp3) is 0.280. The lowest BCUT2D eigenvalue weighted by molar-refractivity contribution is -0.141. The van der Waals surface area contributed by atoms with Crippen molar-refractivity contribution < 1.29 is 18.4 Å². The van der Waals surface area contributed by atoms with Gasteiger partial charge in [-0.1, -0.05) is 49.4 Å². The highest BCUT2D eigenvalue weighted by atomic mass is 19.1. The summed E-state index contributed by atoms with van der Waals surface area (Å²) in [5.41, 5.74) is 1.72. The monoisotopic (exact) mass is 422 g/mol. The molecule has 3 aromatic rings. The molecule has 1 N–H and O–H groups in total. The van der Waals surface area contributed by atoms with Crippen LogP contribution >= 0.6 is 0 Å². The van der Waals surface area contributed by atoms with E-state index in [0.717, 1.165) is 11.1 Å². The van der Waals surface area contributed by atoms with Gasteiger partial charge in [-0.05, 0) is 41.8 Å². The first kappa shape index (κ1) is 22.3. The topological polar surface area (TPSA) is 62.6 Å². The van der Waals surface area contributed by atoms with Crippen LogP contribution in [0, 0.1) is 5.82 Å². The molecule has 1 aromatic heterocycles. The summed E-state index contributed by atoms with van der Waals surface area (Å²) in [6.07, 6.45) is 2.93. The van der Waals surface area contributed by atoms with Crippen LogP contribution in [-0.4, -0.2) is 22.8 Å². The number of benzene rings is 2. The van der Waals surface area contributed by atoms with Crippen molar-refractivity contribution in [3.63, 3.8) is 0 Å². The maximum atomic E-state index is 13.4. The summed E-state index contributed by atoms with van der Waals surface area (Å²) in [6.45, 7) is 2.39. The van der Waals surface area contributed by atoms with Crippen LogP contribution in [0.4, 0.5) is 4.39 Å². The molecule has 2 aromatic carbocycles. The fourth-order valence-electron chi connectivity index (χ4n) is 3.40. The Balaban J connectivity index is 1.86. The van der Waals surface area contributed by atoms with Crippen molar-refractivity contribution in [2.24, 2.45) is 0 Å². The average Bonchev–Trinajstić information content (AvgIpc) is 3.30. The van der Waals surface area contributed by atoms with Crippen molar-refractivity contribution >= 4 is 11.8 Å². The summed E-state index contributed by atoms with van der Waals surface area (Å²) in [5.74, 6) is -0.0725. The number of amides is 2. The zero-order valence-corrected chi connectivity index (χ0v) is 17.6. The largest absolute Gasteiger partial charge is 0.467 e. The van der Waals surface area contributed by atoms with Gasteiger partial charge in [-0.2, -0.15) is 0 Å². The number of nitrogens with one attached hydrogen (secondary N) is 1. The normalized spacial score (nSPS) is 11.7. The number of carbonyl (C=O) groups excluding carboxylic acids is 2. The summed E-state index contributed by atoms with van der Waals surface area (Å²) < 4.78 is 18.7. The number of nitrogens with zero attached hydrogens (tertiary/aromatic N) is 1. The van der Waals surface area contributed by atoms with Crippen molar-refractivity contribution in [1.29, 1.82) is 0 Å². The van der Waals surface area contributed by atoms with Crippen LogP contribution in [0.5, 0.6) is 0 Å². The molecule has 0 spiro atoms. The Morgan fingerprint density at radius 3 is 2.39 bits per heavy atom. The van der Waals surface area contributed by atoms with E-state index in [0.29, 0.717) is 25.0 Å². The molecule has 0 aliphatic rings. The predicted molar refractivity (Wildman–Crippen MR) is 116 cm³/mol. The molecule has 1 atom stereocenters. The van der Waals surface area contributed by atoms with Crippen molar-refractivity contribution in [3.8, 4) is 0 Å². The van der Waals surface area contributed by atoms with Crippen LogP contribution in [0.2, 0.25) is 0 Å². The molecule has 0 saturated heterocycles. The highest BCUT2D eigenvalue weighted by Gasteiger charge is 2.30. The van der Waals surface area contributed by atoms with Crippen LogP contribution in [0.25, 0.3) is 0 Å². The minimum absolute atomic E-state index is 0.110. The molecule has 2 amide bonds. The van der Waals surface area contributed by atoms with Gasteiger partial charge >= 0.3 is 0 Å². The molecule has 0 aliphatic heterocycles. The van der Waals surface area contributed by atoms with Gasteiger partial charge in [-0.3, -0.25) is 9.59 Å². The summed E-state index contributed by atoms with van der Waals surface area (Å²) in [4.78, 5) is 27.9. The Kier molecular flexibility index (Phi) is 7.98. The molecular weight excluding hydrogens is 395 g/mol. The molecule has 31 heavy (non-hydrogen) atoms. The Hall–Kier alpha value is -3.41. The number of hydrogen-bond acceptors (Lipinski definition) is 3. The van der Waals surface area contributed by atoms with Gasteiger partial charge in [0.25, 0.3) is 0 Å². The number of furan rings is 1. The van der Waals surface area contributed by atoms with Gasteiger partial charge in [0, 0.05) is 19.4 Å². The SMILES string of the molecule is CCCC(=O)N(Cc1ccc(F)cc1)[C@H](Cc1ccccc1)C(=O)NCc1ccco1. The molecule has 6 heteroatoms. The third-order valence-corrected chi connectivity index (χ3v) is 5.02. The third-order valence-electron chi connectivity index (χ3n) is 5.02. The van der Waals surface area contributed by atoms with E-state index in [1.807, 2.05) is 37.3 Å². The van der Waals surface area contributed by atoms with Gasteiger partial charge < -0.3 is 14.6 Å². The van der Waals surface area contributed by atoms with Crippen molar-refractivity contribution in [3.05, 3.63) is 95.7 Å². The molecule has 3 rings (SSSR count). The van der Waals surface area contributed by atoms with E-state index in [4.69, 9.17) is 4.42 Å². The smallest absolute Gasteiger partial charge is 0.243 e. The summed E-state index contributed by atoms with van der Waals surface area (Å²) in [5, 5.41) is 2.89. The number of rotatable bonds is 10. The number of hydrogen-bond donors (Lipinski definition) is 1. The summed E-state index contributed by atoms with van der Waals surface area (Å²) in [6, 6.07) is 18.4. The van der Waals surface area contributed by atoms with Gasteiger partial charge in [0.15, 0.2) is 0 Å². The van der Waals surface area contributed by atoms with E-state index in [2.05, 4.69) is 5.32 Å². The first-order valence-corrected chi connectivity index (χ1v) is 10.4. The second kappa shape index (κ2) is 11.1. The molecular formula is C25H27FN2O3. The van der Waals surface area contributed by atoms with Gasteiger partial charge in [0.1, 0.15) is 17.6 Å². The first-order chi connectivity index (χ1) is 15.1. The van der Waals surface area contributed by atoms with Crippen LogP contribution < -0.4 is 5.32 Å². The van der Waals surface area contributed by atoms with Crippen LogP contribution in [-0.2, 0) is 29.1 Å². The lowest BCUT2D eigenvalue weighted by Gasteiger charge is -2.31. The van der Waals surface area contributed by atoms with E-state index in [-0.39, 0.29) is 30.7 Å². The molecule has 162 valence electrons. The fourth-order valence-corrected chi connectivity index (χ4v) is 3.40. The second-order valence-corrected chi connectivity index (χ2v) is 7.40. The van der Waals surface area contributed by atoms with Gasteiger partial charge in [0.2, 0.25) is 11.8 Å². The van der Waals surface area contributed by atoms with Crippen LogP contribution in [0.1, 0.15) is 36.7 Å². The third kappa shape index (κ3) is 6.54. The van der Waals surface area contributed by atoms with Crippen molar-refractivity contribution in [2.75, 3.05) is 0 Å². The summed E-state index contributed by atoms with van der Waals surface area (Å²) in [7, 11) is 0. The maximum absolute atomic E-state index is 13.4. The van der Waals surface area contributed by atoms with Crippen molar-refractivity contribution in [1.82, 2.24) is 10.2 Å². The lowest BCUT2D eigenvalue weighted by Crippen LogP contribution is -2.50. The zero-order valence-electron chi connectivity index (χ0n) is 17.6. The number of halogens is 1. The van der Waals surface area contributed by atoms with Gasteiger partial charge in [-0.25, -0.2) is 4.39 Å². The van der Waals surface area contributed by atoms with E-state index in [1.54, 1.807) is 35.4 Å². The Bertz CT molecular complexity index is 956. The zero-order chi connectivity index (χ0) is 22.1. The molecule has 0 unspecified atom stereocenters. The van der Waals surface area contributed by atoms with E-state index in [1.165, 1.54) is 12.1 Å². The van der Waals surface area contributed by atoms with E-state index >= 15 is 0 Å². The highest BCUT2D eigenvalue weighted by molar-refractivity contribution is 5.88. The molecule has 0 fully saturated rings. The van der Waals surface area contributed by atoms with Gasteiger partial charge in [0.05, 0.1) is 12.8 Å². The molecule has 1 heterocycles. The molecule has 0 radical (unpaired) electrons.